The SMILES string of the molecule is COc1ccc([N+](=O)[O-])cc1NC(=O)N(S)C(C(=O)Nc1ccc(C)c(C(F)(F)F)c1)c1ccccc1. The summed E-state index contributed by atoms with van der Waals surface area (Å²) in [7, 11) is 1.30. The van der Waals surface area contributed by atoms with Crippen molar-refractivity contribution in [1.82, 2.24) is 4.31 Å². The summed E-state index contributed by atoms with van der Waals surface area (Å²) in [6, 6.07) is 12.5. The molecule has 3 aromatic rings. The van der Waals surface area contributed by atoms with E-state index in [4.69, 9.17) is 4.74 Å². The van der Waals surface area contributed by atoms with Crippen molar-refractivity contribution in [3.05, 3.63) is 93.5 Å². The maximum Gasteiger partial charge on any atom is 0.416 e. The fraction of sp³-hybridized carbons (Fsp3) is 0.167. The van der Waals surface area contributed by atoms with Crippen LogP contribution < -0.4 is 15.4 Å². The van der Waals surface area contributed by atoms with E-state index >= 15 is 0 Å². The number of aryl methyl sites for hydroxylation is 1. The second-order valence-electron chi connectivity index (χ2n) is 7.75. The van der Waals surface area contributed by atoms with E-state index in [1.807, 2.05) is 0 Å². The zero-order valence-electron chi connectivity index (χ0n) is 19.4. The van der Waals surface area contributed by atoms with Gasteiger partial charge in [-0.1, -0.05) is 49.2 Å². The fourth-order valence-corrected chi connectivity index (χ4v) is 3.74. The Labute approximate surface area is 214 Å². The summed E-state index contributed by atoms with van der Waals surface area (Å²) in [6.45, 7) is 1.29. The average Bonchev–Trinajstić information content (AvgIpc) is 2.85. The molecule has 0 bridgehead atoms. The molecule has 3 aromatic carbocycles. The highest BCUT2D eigenvalue weighted by Crippen LogP contribution is 2.34. The van der Waals surface area contributed by atoms with Crippen LogP contribution in [0.3, 0.4) is 0 Å². The Kier molecular flexibility index (Phi) is 8.28. The number of nitro benzene ring substituents is 1. The number of nitrogens with one attached hydrogen (secondary N) is 2. The quantitative estimate of drug-likeness (QED) is 0.196. The van der Waals surface area contributed by atoms with Crippen LogP contribution in [0.1, 0.15) is 22.7 Å². The molecule has 194 valence electrons. The van der Waals surface area contributed by atoms with Gasteiger partial charge in [0.2, 0.25) is 0 Å². The number of urea groups is 1. The fourth-order valence-electron chi connectivity index (χ4n) is 3.45. The number of hydrogen-bond donors (Lipinski definition) is 3. The minimum absolute atomic E-state index is 0.0220. The monoisotopic (exact) mass is 534 g/mol. The van der Waals surface area contributed by atoms with Gasteiger partial charge in [0.15, 0.2) is 0 Å². The molecule has 37 heavy (non-hydrogen) atoms. The number of carbonyl (C=O) groups is 2. The van der Waals surface area contributed by atoms with Gasteiger partial charge in [-0.15, -0.1) is 0 Å². The lowest BCUT2D eigenvalue weighted by atomic mass is 10.0. The van der Waals surface area contributed by atoms with Gasteiger partial charge in [-0.05, 0) is 36.2 Å². The predicted octanol–water partition coefficient (Wildman–Crippen LogP) is 5.99. The Bertz CT molecular complexity index is 1320. The number of methoxy groups -OCH3 is 1. The summed E-state index contributed by atoms with van der Waals surface area (Å²) < 4.78 is 45.8. The molecule has 0 aliphatic carbocycles. The maximum atomic E-state index is 13.3. The Hall–Kier alpha value is -4.26. The average molecular weight is 535 g/mol. The lowest BCUT2D eigenvalue weighted by molar-refractivity contribution is -0.384. The van der Waals surface area contributed by atoms with Gasteiger partial charge in [0, 0.05) is 17.8 Å². The number of anilines is 2. The summed E-state index contributed by atoms with van der Waals surface area (Å²) in [5.74, 6) is -0.736. The zero-order chi connectivity index (χ0) is 27.3. The number of non-ortho nitro benzene ring substituents is 1. The van der Waals surface area contributed by atoms with Crippen LogP contribution in [0.2, 0.25) is 0 Å². The summed E-state index contributed by atoms with van der Waals surface area (Å²) in [5, 5.41) is 16.0. The summed E-state index contributed by atoms with van der Waals surface area (Å²) >= 11 is 4.19. The normalized spacial score (nSPS) is 11.8. The maximum absolute atomic E-state index is 13.3. The highest BCUT2D eigenvalue weighted by Gasteiger charge is 2.34. The van der Waals surface area contributed by atoms with E-state index in [-0.39, 0.29) is 28.4 Å². The highest BCUT2D eigenvalue weighted by atomic mass is 32.1. The lowest BCUT2D eigenvalue weighted by Crippen LogP contribution is -2.38. The van der Waals surface area contributed by atoms with Crippen LogP contribution in [0.15, 0.2) is 66.7 Å². The van der Waals surface area contributed by atoms with Gasteiger partial charge in [0.25, 0.3) is 11.6 Å². The van der Waals surface area contributed by atoms with Crippen LogP contribution in [0.4, 0.5) is 35.0 Å². The number of halogens is 3. The topological polar surface area (TPSA) is 114 Å². The number of amides is 3. The van der Waals surface area contributed by atoms with Crippen molar-refractivity contribution in [2.24, 2.45) is 0 Å². The molecule has 9 nitrogen and oxygen atoms in total. The molecule has 0 saturated heterocycles. The molecule has 3 amide bonds. The first-order chi connectivity index (χ1) is 17.4. The molecule has 1 unspecified atom stereocenters. The van der Waals surface area contributed by atoms with E-state index in [9.17, 15) is 32.9 Å². The third-order valence-electron chi connectivity index (χ3n) is 5.26. The number of nitro groups is 1. The molecule has 0 saturated carbocycles. The van der Waals surface area contributed by atoms with Crippen LogP contribution in [0, 0.1) is 17.0 Å². The minimum Gasteiger partial charge on any atom is -0.495 e. The number of benzene rings is 3. The summed E-state index contributed by atoms with van der Waals surface area (Å²) in [5.41, 5.74) is -1.14. The molecule has 2 N–H and O–H groups in total. The van der Waals surface area contributed by atoms with Gasteiger partial charge < -0.3 is 15.4 Å². The second kappa shape index (κ2) is 11.2. The van der Waals surface area contributed by atoms with E-state index in [2.05, 4.69) is 23.4 Å². The largest absolute Gasteiger partial charge is 0.495 e. The number of thiol groups is 1. The number of ether oxygens (including phenoxy) is 1. The standard InChI is InChI=1S/C24H21F3N4O5S/c1-14-8-9-16(12-18(14)24(25,26)27)28-22(32)21(15-6-4-3-5-7-15)30(37)23(33)29-19-13-17(31(34)35)10-11-20(19)36-2/h3-13,21,37H,1-2H3,(H,28,32)(H,29,33). The number of nitrogens with zero attached hydrogens (tertiary/aromatic N) is 2. The van der Waals surface area contributed by atoms with Crippen molar-refractivity contribution >= 4 is 41.8 Å². The van der Waals surface area contributed by atoms with Crippen molar-refractivity contribution in [3.63, 3.8) is 0 Å². The van der Waals surface area contributed by atoms with Gasteiger partial charge in [0.05, 0.1) is 23.3 Å². The van der Waals surface area contributed by atoms with Crippen molar-refractivity contribution in [1.29, 1.82) is 0 Å². The molecule has 0 aliphatic rings. The van der Waals surface area contributed by atoms with E-state index < -0.39 is 34.6 Å². The van der Waals surface area contributed by atoms with Crippen molar-refractivity contribution < 1.29 is 32.4 Å². The highest BCUT2D eigenvalue weighted by molar-refractivity contribution is 7.78. The number of rotatable bonds is 7. The van der Waals surface area contributed by atoms with Crippen LogP contribution >= 0.6 is 12.8 Å². The predicted molar refractivity (Wildman–Crippen MR) is 133 cm³/mol. The molecule has 13 heteroatoms. The second-order valence-corrected chi connectivity index (χ2v) is 8.18. The van der Waals surface area contributed by atoms with Crippen LogP contribution in [0.25, 0.3) is 0 Å². The van der Waals surface area contributed by atoms with Gasteiger partial charge in [0.1, 0.15) is 11.8 Å². The van der Waals surface area contributed by atoms with Crippen molar-refractivity contribution in [3.8, 4) is 5.75 Å². The van der Waals surface area contributed by atoms with Gasteiger partial charge >= 0.3 is 12.2 Å². The van der Waals surface area contributed by atoms with Crippen LogP contribution in [-0.2, 0) is 11.0 Å². The lowest BCUT2D eigenvalue weighted by Gasteiger charge is -2.27. The van der Waals surface area contributed by atoms with Crippen LogP contribution in [0.5, 0.6) is 5.75 Å². The van der Waals surface area contributed by atoms with Gasteiger partial charge in [-0.2, -0.15) is 13.2 Å². The third kappa shape index (κ3) is 6.50. The first-order valence-electron chi connectivity index (χ1n) is 10.6. The van der Waals surface area contributed by atoms with E-state index in [0.29, 0.717) is 5.56 Å². The Morgan fingerprint density at radius 1 is 1.05 bits per heavy atom. The third-order valence-corrected chi connectivity index (χ3v) is 5.67. The molecule has 0 aliphatic heterocycles. The van der Waals surface area contributed by atoms with Crippen molar-refractivity contribution in [2.45, 2.75) is 19.1 Å². The minimum atomic E-state index is -4.63. The van der Waals surface area contributed by atoms with E-state index in [1.54, 1.807) is 18.2 Å². The van der Waals surface area contributed by atoms with Crippen molar-refractivity contribution in [2.75, 3.05) is 17.7 Å². The Morgan fingerprint density at radius 3 is 2.32 bits per heavy atom. The molecular weight excluding hydrogens is 513 g/mol. The first kappa shape index (κ1) is 27.3. The van der Waals surface area contributed by atoms with Gasteiger partial charge in [-0.3, -0.25) is 19.2 Å². The number of hydrogen-bond acceptors (Lipinski definition) is 6. The molecule has 0 spiro atoms. The van der Waals surface area contributed by atoms with E-state index in [1.165, 1.54) is 50.4 Å². The molecule has 0 aromatic heterocycles. The molecule has 0 heterocycles. The first-order valence-corrected chi connectivity index (χ1v) is 11.0. The Balaban J connectivity index is 1.92. The summed E-state index contributed by atoms with van der Waals surface area (Å²) in [4.78, 5) is 36.8. The van der Waals surface area contributed by atoms with E-state index in [0.717, 1.165) is 16.4 Å². The molecule has 0 radical (unpaired) electrons. The summed E-state index contributed by atoms with van der Waals surface area (Å²) in [6.07, 6.45) is -4.63. The number of alkyl halides is 3. The van der Waals surface area contributed by atoms with Crippen LogP contribution in [-0.4, -0.2) is 28.3 Å². The van der Waals surface area contributed by atoms with Gasteiger partial charge in [-0.25, -0.2) is 4.79 Å². The molecular formula is C24H21F3N4O5S. The Morgan fingerprint density at radius 2 is 1.73 bits per heavy atom. The molecule has 3 rings (SSSR count). The smallest absolute Gasteiger partial charge is 0.416 e. The molecule has 1 atom stereocenters. The molecule has 0 fully saturated rings. The number of carbonyl (C=O) groups excluding carboxylic acids is 2. The zero-order valence-corrected chi connectivity index (χ0v) is 20.3.